The van der Waals surface area contributed by atoms with Gasteiger partial charge in [0.25, 0.3) is 5.56 Å². The van der Waals surface area contributed by atoms with Gasteiger partial charge in [0.15, 0.2) is 11.7 Å². The molecule has 0 spiro atoms. The van der Waals surface area contributed by atoms with Gasteiger partial charge in [0, 0.05) is 6.07 Å². The number of benzene rings is 1. The third-order valence-corrected chi connectivity index (χ3v) is 2.45. The second kappa shape index (κ2) is 5.60. The molecule has 2 aromatic rings. The number of hydrogen-bond donors (Lipinski definition) is 2. The fourth-order valence-corrected chi connectivity index (χ4v) is 1.54. The van der Waals surface area contributed by atoms with Crippen molar-refractivity contribution in [2.75, 3.05) is 5.32 Å². The molecule has 2 rings (SSSR count). The largest absolute Gasteiger partial charge is 0.308 e. The first-order valence-electron chi connectivity index (χ1n) is 5.52. The van der Waals surface area contributed by atoms with Gasteiger partial charge in [0.1, 0.15) is 0 Å². The van der Waals surface area contributed by atoms with E-state index < -0.39 is 11.8 Å². The Morgan fingerprint density at radius 3 is 2.58 bits per heavy atom. The van der Waals surface area contributed by atoms with Crippen LogP contribution in [0.5, 0.6) is 0 Å². The summed E-state index contributed by atoms with van der Waals surface area (Å²) >= 11 is 0. The summed E-state index contributed by atoms with van der Waals surface area (Å²) in [6, 6.07) is 13.3. The van der Waals surface area contributed by atoms with Crippen LogP contribution in [0.25, 0.3) is 0 Å². The van der Waals surface area contributed by atoms with Crippen LogP contribution >= 0.6 is 0 Å². The van der Waals surface area contributed by atoms with E-state index in [0.717, 1.165) is 0 Å². The molecule has 0 bridgehead atoms. The molecule has 1 amide bonds. The molecule has 1 aromatic heterocycles. The average Bonchev–Trinajstić information content (AvgIpc) is 2.43. The first kappa shape index (κ1) is 12.5. The van der Waals surface area contributed by atoms with Crippen LogP contribution in [0.3, 0.4) is 0 Å². The lowest BCUT2D eigenvalue weighted by Crippen LogP contribution is -2.21. The predicted molar refractivity (Wildman–Crippen MR) is 68.3 cm³/mol. The summed E-state index contributed by atoms with van der Waals surface area (Å²) in [6.07, 6.45) is 0. The topological polar surface area (TPSA) is 98.6 Å². The minimum atomic E-state index is -0.921. The lowest BCUT2D eigenvalue weighted by atomic mass is 10.00. The van der Waals surface area contributed by atoms with E-state index in [4.69, 9.17) is 5.26 Å². The first-order chi connectivity index (χ1) is 9.20. The smallest absolute Gasteiger partial charge is 0.264 e. The van der Waals surface area contributed by atoms with Crippen LogP contribution in [-0.4, -0.2) is 16.1 Å². The van der Waals surface area contributed by atoms with Gasteiger partial charge in [-0.3, -0.25) is 9.59 Å². The third kappa shape index (κ3) is 3.04. The van der Waals surface area contributed by atoms with Crippen molar-refractivity contribution in [3.63, 3.8) is 0 Å². The van der Waals surface area contributed by atoms with E-state index in [2.05, 4.69) is 15.5 Å². The van der Waals surface area contributed by atoms with Gasteiger partial charge >= 0.3 is 0 Å². The summed E-state index contributed by atoms with van der Waals surface area (Å²) in [4.78, 5) is 22.8. The Balaban J connectivity index is 2.17. The molecule has 0 saturated heterocycles. The summed E-state index contributed by atoms with van der Waals surface area (Å²) in [5, 5.41) is 17.4. The monoisotopic (exact) mass is 254 g/mol. The van der Waals surface area contributed by atoms with Gasteiger partial charge in [-0.25, -0.2) is 5.10 Å². The van der Waals surface area contributed by atoms with Gasteiger partial charge in [-0.05, 0) is 11.6 Å². The molecular formula is C13H10N4O2. The minimum Gasteiger partial charge on any atom is -0.308 e. The number of rotatable bonds is 3. The zero-order chi connectivity index (χ0) is 13.7. The van der Waals surface area contributed by atoms with Gasteiger partial charge in [0.2, 0.25) is 5.91 Å². The zero-order valence-electron chi connectivity index (χ0n) is 9.83. The molecule has 94 valence electrons. The van der Waals surface area contributed by atoms with Gasteiger partial charge in [-0.2, -0.15) is 10.4 Å². The molecule has 0 radical (unpaired) electrons. The number of carbonyl (C=O) groups excluding carboxylic acids is 1. The molecule has 19 heavy (non-hydrogen) atoms. The minimum absolute atomic E-state index is 0.195. The van der Waals surface area contributed by atoms with E-state index in [9.17, 15) is 9.59 Å². The maximum atomic E-state index is 12.0. The van der Waals surface area contributed by atoms with E-state index in [0.29, 0.717) is 5.56 Å². The van der Waals surface area contributed by atoms with Crippen molar-refractivity contribution in [3.8, 4) is 6.07 Å². The second-order valence-corrected chi connectivity index (χ2v) is 3.77. The number of anilines is 1. The fraction of sp³-hybridized carbons (Fsp3) is 0.0769. The number of aromatic amines is 1. The number of carbonyl (C=O) groups is 1. The van der Waals surface area contributed by atoms with Crippen molar-refractivity contribution in [2.24, 2.45) is 0 Å². The molecular weight excluding hydrogens is 244 g/mol. The van der Waals surface area contributed by atoms with Crippen LogP contribution in [-0.2, 0) is 4.79 Å². The molecule has 0 aliphatic rings. The Morgan fingerprint density at radius 2 is 2.00 bits per heavy atom. The maximum Gasteiger partial charge on any atom is 0.264 e. The second-order valence-electron chi connectivity index (χ2n) is 3.77. The van der Waals surface area contributed by atoms with Crippen LogP contribution in [0, 0.1) is 11.3 Å². The number of H-pyrrole nitrogens is 1. The number of nitrogens with zero attached hydrogens (tertiary/aromatic N) is 2. The Morgan fingerprint density at radius 1 is 1.26 bits per heavy atom. The van der Waals surface area contributed by atoms with Gasteiger partial charge < -0.3 is 5.32 Å². The summed E-state index contributed by atoms with van der Waals surface area (Å²) in [5.74, 6) is -1.22. The van der Waals surface area contributed by atoms with E-state index in [1.54, 1.807) is 30.3 Å². The zero-order valence-corrected chi connectivity index (χ0v) is 9.83. The molecule has 0 aliphatic carbocycles. The summed E-state index contributed by atoms with van der Waals surface area (Å²) in [6.45, 7) is 0. The van der Waals surface area contributed by atoms with E-state index in [1.165, 1.54) is 12.1 Å². The Hall–Kier alpha value is -2.94. The summed E-state index contributed by atoms with van der Waals surface area (Å²) in [5.41, 5.74) is 0.241. The van der Waals surface area contributed by atoms with Crippen molar-refractivity contribution >= 4 is 11.7 Å². The molecule has 1 aromatic carbocycles. The van der Waals surface area contributed by atoms with Crippen LogP contribution in [0.15, 0.2) is 47.3 Å². The van der Waals surface area contributed by atoms with E-state index >= 15 is 0 Å². The molecule has 0 aliphatic heterocycles. The SMILES string of the molecule is N#CC(C(=O)Nc1ccc(=O)[nH]n1)c1ccccc1. The molecule has 1 unspecified atom stereocenters. The molecule has 6 heteroatoms. The molecule has 6 nitrogen and oxygen atoms in total. The maximum absolute atomic E-state index is 12.0. The van der Waals surface area contributed by atoms with Crippen molar-refractivity contribution < 1.29 is 4.79 Å². The summed E-state index contributed by atoms with van der Waals surface area (Å²) in [7, 11) is 0. The molecule has 2 N–H and O–H groups in total. The number of nitrogens with one attached hydrogen (secondary N) is 2. The number of amides is 1. The van der Waals surface area contributed by atoms with E-state index in [1.807, 2.05) is 6.07 Å². The van der Waals surface area contributed by atoms with Crippen molar-refractivity contribution in [1.82, 2.24) is 10.2 Å². The first-order valence-corrected chi connectivity index (χ1v) is 5.52. The average molecular weight is 254 g/mol. The fourth-order valence-electron chi connectivity index (χ4n) is 1.54. The number of hydrogen-bond acceptors (Lipinski definition) is 4. The summed E-state index contributed by atoms with van der Waals surface area (Å²) < 4.78 is 0. The quantitative estimate of drug-likeness (QED) is 0.854. The Labute approximate surface area is 108 Å². The van der Waals surface area contributed by atoms with Gasteiger partial charge in [0.05, 0.1) is 6.07 Å². The van der Waals surface area contributed by atoms with Crippen LogP contribution in [0.2, 0.25) is 0 Å². The molecule has 1 heterocycles. The van der Waals surface area contributed by atoms with E-state index in [-0.39, 0.29) is 11.4 Å². The van der Waals surface area contributed by atoms with Crippen molar-refractivity contribution in [2.45, 2.75) is 5.92 Å². The Bertz CT molecular complexity index is 653. The van der Waals surface area contributed by atoms with Crippen LogP contribution in [0.1, 0.15) is 11.5 Å². The van der Waals surface area contributed by atoms with Crippen molar-refractivity contribution in [1.29, 1.82) is 5.26 Å². The highest BCUT2D eigenvalue weighted by atomic mass is 16.2. The normalized spacial score (nSPS) is 11.3. The van der Waals surface area contributed by atoms with Gasteiger partial charge in [-0.15, -0.1) is 0 Å². The van der Waals surface area contributed by atoms with Crippen molar-refractivity contribution in [3.05, 3.63) is 58.4 Å². The number of aromatic nitrogens is 2. The Kier molecular flexibility index (Phi) is 3.69. The molecule has 0 fully saturated rings. The highest BCUT2D eigenvalue weighted by molar-refractivity contribution is 5.96. The van der Waals surface area contributed by atoms with Gasteiger partial charge in [-0.1, -0.05) is 30.3 Å². The lowest BCUT2D eigenvalue weighted by Gasteiger charge is -2.09. The van der Waals surface area contributed by atoms with Crippen LogP contribution in [0.4, 0.5) is 5.82 Å². The third-order valence-electron chi connectivity index (χ3n) is 2.45. The molecule has 1 atom stereocenters. The highest BCUT2D eigenvalue weighted by Gasteiger charge is 2.20. The number of nitriles is 1. The lowest BCUT2D eigenvalue weighted by molar-refractivity contribution is -0.116. The predicted octanol–water partition coefficient (Wildman–Crippen LogP) is 1.02. The highest BCUT2D eigenvalue weighted by Crippen LogP contribution is 2.16. The molecule has 0 saturated carbocycles. The van der Waals surface area contributed by atoms with Crippen LogP contribution < -0.4 is 10.9 Å². The standard InChI is InChI=1S/C13H10N4O2/c14-8-10(9-4-2-1-3-5-9)13(19)15-11-6-7-12(18)17-16-11/h1-7,10H,(H,17,18)(H,15,16,19).